The number of nitrogens with two attached hydrogens (primary N) is 2. The number of hydrogen-bond acceptors (Lipinski definition) is 5. The summed E-state index contributed by atoms with van der Waals surface area (Å²) in [4.78, 5) is -0.0656. The van der Waals surface area contributed by atoms with Crippen molar-refractivity contribution < 1.29 is 25.6 Å². The summed E-state index contributed by atoms with van der Waals surface area (Å²) >= 11 is 5.86. The number of benzene rings is 3. The van der Waals surface area contributed by atoms with Crippen LogP contribution in [0.2, 0.25) is 5.02 Å². The fourth-order valence-corrected chi connectivity index (χ4v) is 4.38. The Morgan fingerprint density at radius 1 is 0.800 bits per heavy atom. The zero-order valence-corrected chi connectivity index (χ0v) is 20.2. The van der Waals surface area contributed by atoms with E-state index in [0.29, 0.717) is 16.3 Å². The van der Waals surface area contributed by atoms with Crippen LogP contribution >= 0.6 is 11.6 Å². The number of sulfonamides is 2. The maximum atomic E-state index is 13.2. The van der Waals surface area contributed by atoms with E-state index in [1.54, 1.807) is 48.5 Å². The quantitative estimate of drug-likeness (QED) is 0.392. The molecule has 3 aromatic carbocycles. The molecule has 0 amide bonds. The molecule has 1 aromatic heterocycles. The van der Waals surface area contributed by atoms with Crippen molar-refractivity contribution in [3.05, 3.63) is 95.6 Å². The van der Waals surface area contributed by atoms with Crippen molar-refractivity contribution in [3.8, 4) is 16.9 Å². The third kappa shape index (κ3) is 6.71. The van der Waals surface area contributed by atoms with Gasteiger partial charge in [0.25, 0.3) is 6.43 Å². The van der Waals surface area contributed by atoms with Gasteiger partial charge in [0.1, 0.15) is 10.6 Å². The van der Waals surface area contributed by atoms with Crippen LogP contribution in [0.3, 0.4) is 0 Å². The van der Waals surface area contributed by atoms with Crippen LogP contribution < -0.4 is 10.3 Å². The Kier molecular flexibility index (Phi) is 8.03. The van der Waals surface area contributed by atoms with E-state index in [9.17, 15) is 25.6 Å². The van der Waals surface area contributed by atoms with Crippen LogP contribution in [-0.4, -0.2) is 26.6 Å². The highest BCUT2D eigenvalue weighted by atomic mass is 35.5. The largest absolute Gasteiger partial charge is 0.282 e. The van der Waals surface area contributed by atoms with Crippen LogP contribution in [0.5, 0.6) is 0 Å². The van der Waals surface area contributed by atoms with Crippen molar-refractivity contribution in [1.82, 2.24) is 9.78 Å². The average molecular weight is 541 g/mol. The molecule has 0 saturated heterocycles. The number of aromatic nitrogens is 2. The number of primary sulfonamides is 2. The number of rotatable bonds is 5. The first-order valence-corrected chi connectivity index (χ1v) is 13.2. The molecule has 4 aromatic rings. The van der Waals surface area contributed by atoms with Gasteiger partial charge in [0.15, 0.2) is 0 Å². The van der Waals surface area contributed by atoms with E-state index in [1.807, 2.05) is 0 Å². The highest BCUT2D eigenvalue weighted by Crippen LogP contribution is 2.31. The number of alkyl halides is 2. The maximum absolute atomic E-state index is 13.2. The van der Waals surface area contributed by atoms with Crippen LogP contribution in [0.15, 0.2) is 94.7 Å². The third-order valence-electron chi connectivity index (χ3n) is 4.56. The van der Waals surface area contributed by atoms with Crippen molar-refractivity contribution in [1.29, 1.82) is 0 Å². The SMILES string of the molecule is NS(=O)(=O)c1ccccc1.NS(=O)(=O)c1ccccc1-n1nc(C(F)F)cc1-c1ccc(Cl)cc1. The van der Waals surface area contributed by atoms with Gasteiger partial charge in [-0.25, -0.2) is 40.6 Å². The lowest BCUT2D eigenvalue weighted by Crippen LogP contribution is -2.16. The van der Waals surface area contributed by atoms with Gasteiger partial charge in [-0.15, -0.1) is 0 Å². The van der Waals surface area contributed by atoms with Crippen LogP contribution in [0.1, 0.15) is 12.1 Å². The highest BCUT2D eigenvalue weighted by Gasteiger charge is 2.22. The fourth-order valence-electron chi connectivity index (χ4n) is 3.00. The van der Waals surface area contributed by atoms with Crippen molar-refractivity contribution in [2.75, 3.05) is 0 Å². The number of nitrogens with zero attached hydrogens (tertiary/aromatic N) is 2. The minimum atomic E-state index is -4.07. The molecule has 0 atom stereocenters. The first-order valence-electron chi connectivity index (χ1n) is 9.72. The molecular formula is C22H19ClF2N4O4S2. The van der Waals surface area contributed by atoms with Gasteiger partial charge in [-0.05, 0) is 42.5 Å². The van der Waals surface area contributed by atoms with Crippen LogP contribution in [-0.2, 0) is 20.0 Å². The smallest absolute Gasteiger partial charge is 0.231 e. The lowest BCUT2D eigenvalue weighted by Gasteiger charge is -2.11. The van der Waals surface area contributed by atoms with E-state index in [2.05, 4.69) is 5.10 Å². The van der Waals surface area contributed by atoms with Gasteiger partial charge in [-0.2, -0.15) is 5.10 Å². The van der Waals surface area contributed by atoms with Crippen molar-refractivity contribution in [3.63, 3.8) is 0 Å². The van der Waals surface area contributed by atoms with Gasteiger partial charge in [0, 0.05) is 10.6 Å². The Balaban J connectivity index is 0.000000287. The van der Waals surface area contributed by atoms with Crippen molar-refractivity contribution >= 4 is 31.6 Å². The molecule has 0 aliphatic rings. The van der Waals surface area contributed by atoms with Gasteiger partial charge in [0.2, 0.25) is 20.0 Å². The van der Waals surface area contributed by atoms with Crippen LogP contribution in [0.25, 0.3) is 16.9 Å². The molecule has 0 unspecified atom stereocenters. The summed E-state index contributed by atoms with van der Waals surface area (Å²) in [5.74, 6) is 0. The molecule has 1 heterocycles. The molecule has 184 valence electrons. The van der Waals surface area contributed by atoms with E-state index in [1.165, 1.54) is 36.4 Å². The molecule has 0 fully saturated rings. The number of halogens is 3. The van der Waals surface area contributed by atoms with Gasteiger partial charge in [-0.1, -0.05) is 54.1 Å². The molecule has 13 heteroatoms. The zero-order valence-electron chi connectivity index (χ0n) is 17.8. The summed E-state index contributed by atoms with van der Waals surface area (Å²) in [6.45, 7) is 0. The summed E-state index contributed by atoms with van der Waals surface area (Å²) in [6.07, 6.45) is -2.81. The first-order chi connectivity index (χ1) is 16.4. The van der Waals surface area contributed by atoms with E-state index in [4.69, 9.17) is 21.9 Å². The van der Waals surface area contributed by atoms with Crippen molar-refractivity contribution in [2.24, 2.45) is 10.3 Å². The second kappa shape index (κ2) is 10.6. The van der Waals surface area contributed by atoms with E-state index < -0.39 is 32.2 Å². The summed E-state index contributed by atoms with van der Waals surface area (Å²) in [5, 5.41) is 14.4. The predicted molar refractivity (Wildman–Crippen MR) is 128 cm³/mol. The van der Waals surface area contributed by atoms with Gasteiger partial charge in [-0.3, -0.25) is 0 Å². The monoisotopic (exact) mass is 540 g/mol. The Morgan fingerprint density at radius 2 is 1.37 bits per heavy atom. The Morgan fingerprint density at radius 3 is 1.89 bits per heavy atom. The second-order valence-electron chi connectivity index (χ2n) is 7.04. The van der Waals surface area contributed by atoms with E-state index >= 15 is 0 Å². The molecule has 35 heavy (non-hydrogen) atoms. The minimum Gasteiger partial charge on any atom is -0.231 e. The third-order valence-corrected chi connectivity index (χ3v) is 6.70. The van der Waals surface area contributed by atoms with Gasteiger partial charge in [0.05, 0.1) is 16.3 Å². The van der Waals surface area contributed by atoms with E-state index in [-0.39, 0.29) is 15.5 Å². The molecule has 0 radical (unpaired) electrons. The first kappa shape index (κ1) is 26.4. The summed E-state index contributed by atoms with van der Waals surface area (Å²) in [6, 6.07) is 21.3. The molecule has 0 bridgehead atoms. The molecule has 0 spiro atoms. The second-order valence-corrected chi connectivity index (χ2v) is 10.6. The molecule has 4 N–H and O–H groups in total. The van der Waals surface area contributed by atoms with Gasteiger partial charge >= 0.3 is 0 Å². The number of para-hydroxylation sites is 1. The molecule has 0 aliphatic carbocycles. The predicted octanol–water partition coefficient (Wildman–Crippen LogP) is 4.11. The van der Waals surface area contributed by atoms with Crippen molar-refractivity contribution in [2.45, 2.75) is 16.2 Å². The Hall–Kier alpha value is -3.16. The average Bonchev–Trinajstić information content (AvgIpc) is 3.25. The molecule has 8 nitrogen and oxygen atoms in total. The molecule has 0 aliphatic heterocycles. The lowest BCUT2D eigenvalue weighted by molar-refractivity contribution is 0.145. The topological polar surface area (TPSA) is 138 Å². The zero-order chi connectivity index (χ0) is 25.8. The maximum Gasteiger partial charge on any atom is 0.282 e. The van der Waals surface area contributed by atoms with E-state index in [0.717, 1.165) is 4.68 Å². The molecule has 4 rings (SSSR count). The van der Waals surface area contributed by atoms with Crippen LogP contribution in [0.4, 0.5) is 8.78 Å². The fraction of sp³-hybridized carbons (Fsp3) is 0.0455. The number of hydrogen-bond donors (Lipinski definition) is 2. The standard InChI is InChI=1S/C16H12ClF2N3O2S.C6H7NO2S/c17-11-7-5-10(6-8-11)14-9-12(16(18)19)21-22(14)13-3-1-2-4-15(13)25(20,23)24;7-10(8,9)6-4-2-1-3-5-6/h1-9,16H,(H2,20,23,24);1-5H,(H2,7,8,9). The molecular weight excluding hydrogens is 522 g/mol. The lowest BCUT2D eigenvalue weighted by atomic mass is 10.1. The van der Waals surface area contributed by atoms with Crippen LogP contribution in [0, 0.1) is 0 Å². The Labute approximate surface area is 205 Å². The Bertz CT molecular complexity index is 1530. The molecule has 0 saturated carbocycles. The van der Waals surface area contributed by atoms with Gasteiger partial charge < -0.3 is 0 Å². The summed E-state index contributed by atoms with van der Waals surface area (Å²) < 4.78 is 72.3. The summed E-state index contributed by atoms with van der Waals surface area (Å²) in [7, 11) is -7.57. The summed E-state index contributed by atoms with van der Waals surface area (Å²) in [5.41, 5.74) is 0.451. The minimum absolute atomic E-state index is 0.0850. The normalized spacial score (nSPS) is 11.7. The highest BCUT2D eigenvalue weighted by molar-refractivity contribution is 7.89.